The van der Waals surface area contributed by atoms with Crippen molar-refractivity contribution in [2.45, 2.75) is 37.8 Å². The van der Waals surface area contributed by atoms with Crippen molar-refractivity contribution in [1.82, 2.24) is 15.4 Å². The molecule has 3 heterocycles. The van der Waals surface area contributed by atoms with Gasteiger partial charge in [0.25, 0.3) is 5.91 Å². The number of rotatable bonds is 4. The summed E-state index contributed by atoms with van der Waals surface area (Å²) in [6.45, 7) is 3.80. The first-order valence-corrected chi connectivity index (χ1v) is 8.34. The minimum absolute atomic E-state index is 0. The molecular weight excluding hydrogens is 318 g/mol. The quantitative estimate of drug-likeness (QED) is 0.903. The van der Waals surface area contributed by atoms with Gasteiger partial charge in [0.1, 0.15) is 6.26 Å². The van der Waals surface area contributed by atoms with Crippen LogP contribution in [0.15, 0.2) is 16.9 Å². The van der Waals surface area contributed by atoms with Crippen LogP contribution in [0.1, 0.15) is 36.2 Å². The number of hydrogen-bond donors (Lipinski definition) is 1. The lowest BCUT2D eigenvalue weighted by atomic mass is 9.98. The lowest BCUT2D eigenvalue weighted by Crippen LogP contribution is -2.43. The number of likely N-dealkylation sites (tertiary alicyclic amines) is 1. The van der Waals surface area contributed by atoms with Crippen LogP contribution in [0.25, 0.3) is 0 Å². The highest BCUT2D eigenvalue weighted by atomic mass is 35.5. The Balaban J connectivity index is 0.00000156. The number of aromatic nitrogens is 1. The van der Waals surface area contributed by atoms with Crippen molar-refractivity contribution < 1.29 is 14.1 Å². The summed E-state index contributed by atoms with van der Waals surface area (Å²) in [6.07, 6.45) is 6.28. The first-order chi connectivity index (χ1) is 10.8. The summed E-state index contributed by atoms with van der Waals surface area (Å²) in [5.41, 5.74) is 0.374. The standard InChI is InChI=1S/C16H23N3O3.ClH/c20-16(14-5-8-22-18-14)17-15-10-19(9-13(15)11-1-2-11)12-3-6-21-7-4-12;/h5,8,11-13,15H,1-4,6-7,9-10H2,(H,17,20);1H/t13-,15+;/m1./s1. The van der Waals surface area contributed by atoms with Gasteiger partial charge in [-0.25, -0.2) is 0 Å². The molecule has 0 unspecified atom stereocenters. The summed E-state index contributed by atoms with van der Waals surface area (Å²) in [4.78, 5) is 14.8. The maximum Gasteiger partial charge on any atom is 0.273 e. The van der Waals surface area contributed by atoms with Gasteiger partial charge in [-0.3, -0.25) is 9.69 Å². The van der Waals surface area contributed by atoms with Crippen LogP contribution in [0, 0.1) is 11.8 Å². The van der Waals surface area contributed by atoms with Gasteiger partial charge in [-0.1, -0.05) is 5.16 Å². The molecule has 128 valence electrons. The van der Waals surface area contributed by atoms with E-state index in [9.17, 15) is 4.79 Å². The van der Waals surface area contributed by atoms with Crippen LogP contribution in [0.4, 0.5) is 0 Å². The molecule has 2 saturated heterocycles. The fourth-order valence-electron chi connectivity index (χ4n) is 3.94. The molecule has 0 bridgehead atoms. The Morgan fingerprint density at radius 1 is 1.22 bits per heavy atom. The van der Waals surface area contributed by atoms with Gasteiger partial charge in [-0.15, -0.1) is 12.4 Å². The highest BCUT2D eigenvalue weighted by molar-refractivity contribution is 5.92. The van der Waals surface area contributed by atoms with Crippen molar-refractivity contribution in [3.8, 4) is 0 Å². The Labute approximate surface area is 142 Å². The second-order valence-electron chi connectivity index (χ2n) is 6.76. The molecule has 0 aromatic carbocycles. The van der Waals surface area contributed by atoms with Gasteiger partial charge in [0, 0.05) is 44.5 Å². The van der Waals surface area contributed by atoms with Crippen molar-refractivity contribution in [3.63, 3.8) is 0 Å². The maximum atomic E-state index is 12.3. The Hall–Kier alpha value is -1.11. The number of nitrogens with zero attached hydrogens (tertiary/aromatic N) is 2. The average molecular weight is 342 g/mol. The molecule has 2 atom stereocenters. The van der Waals surface area contributed by atoms with E-state index in [0.717, 1.165) is 45.1 Å². The monoisotopic (exact) mass is 341 g/mol. The molecular formula is C16H24ClN3O3. The Morgan fingerprint density at radius 3 is 2.65 bits per heavy atom. The number of carbonyl (C=O) groups is 1. The average Bonchev–Trinajstić information content (AvgIpc) is 3.09. The lowest BCUT2D eigenvalue weighted by Gasteiger charge is -2.31. The molecule has 1 aromatic rings. The zero-order valence-electron chi connectivity index (χ0n) is 13.1. The predicted octanol–water partition coefficient (Wildman–Crippen LogP) is 1.72. The van der Waals surface area contributed by atoms with E-state index in [1.165, 1.54) is 19.1 Å². The molecule has 1 aliphatic carbocycles. The van der Waals surface area contributed by atoms with Crippen LogP contribution in [0.2, 0.25) is 0 Å². The summed E-state index contributed by atoms with van der Waals surface area (Å²) in [7, 11) is 0. The molecule has 6 nitrogen and oxygen atoms in total. The highest BCUT2D eigenvalue weighted by Crippen LogP contribution is 2.42. The second kappa shape index (κ2) is 7.20. The fraction of sp³-hybridized carbons (Fsp3) is 0.750. The number of halogens is 1. The van der Waals surface area contributed by atoms with Gasteiger partial charge in [0.15, 0.2) is 5.69 Å². The molecule has 23 heavy (non-hydrogen) atoms. The topological polar surface area (TPSA) is 67.6 Å². The van der Waals surface area contributed by atoms with Crippen molar-refractivity contribution in [3.05, 3.63) is 18.0 Å². The molecule has 4 rings (SSSR count). The first kappa shape index (κ1) is 16.7. The van der Waals surface area contributed by atoms with E-state index in [1.807, 2.05) is 0 Å². The van der Waals surface area contributed by atoms with Crippen molar-refractivity contribution in [2.24, 2.45) is 11.8 Å². The number of nitrogens with one attached hydrogen (secondary N) is 1. The van der Waals surface area contributed by atoms with Crippen LogP contribution < -0.4 is 5.32 Å². The van der Waals surface area contributed by atoms with Gasteiger partial charge in [-0.05, 0) is 37.5 Å². The zero-order chi connectivity index (χ0) is 14.9. The molecule has 1 N–H and O–H groups in total. The van der Waals surface area contributed by atoms with Gasteiger partial charge < -0.3 is 14.6 Å². The maximum absolute atomic E-state index is 12.3. The third-order valence-corrected chi connectivity index (χ3v) is 5.32. The number of carbonyl (C=O) groups excluding carboxylic acids is 1. The molecule has 1 saturated carbocycles. The summed E-state index contributed by atoms with van der Waals surface area (Å²) >= 11 is 0. The first-order valence-electron chi connectivity index (χ1n) is 8.34. The molecule has 0 radical (unpaired) electrons. The normalized spacial score (nSPS) is 29.2. The van der Waals surface area contributed by atoms with Crippen LogP contribution in [0.3, 0.4) is 0 Å². The van der Waals surface area contributed by atoms with E-state index in [-0.39, 0.29) is 24.4 Å². The highest BCUT2D eigenvalue weighted by Gasteiger charge is 2.44. The van der Waals surface area contributed by atoms with E-state index >= 15 is 0 Å². The molecule has 1 amide bonds. The largest absolute Gasteiger partial charge is 0.381 e. The third kappa shape index (κ3) is 3.70. The van der Waals surface area contributed by atoms with Gasteiger partial charge in [-0.2, -0.15) is 0 Å². The number of amides is 1. The minimum atomic E-state index is -0.113. The summed E-state index contributed by atoms with van der Waals surface area (Å²) in [6, 6.07) is 2.47. The van der Waals surface area contributed by atoms with Crippen LogP contribution in [-0.4, -0.2) is 54.4 Å². The van der Waals surface area contributed by atoms with Crippen molar-refractivity contribution in [1.29, 1.82) is 0 Å². The Morgan fingerprint density at radius 2 is 2.00 bits per heavy atom. The molecule has 3 fully saturated rings. The van der Waals surface area contributed by atoms with E-state index in [2.05, 4.69) is 15.4 Å². The Bertz CT molecular complexity index is 515. The second-order valence-corrected chi connectivity index (χ2v) is 6.76. The summed E-state index contributed by atoms with van der Waals surface area (Å²) in [5, 5.41) is 6.92. The van der Waals surface area contributed by atoms with Crippen LogP contribution in [-0.2, 0) is 4.74 Å². The molecule has 2 aliphatic heterocycles. The number of ether oxygens (including phenoxy) is 1. The molecule has 0 spiro atoms. The molecule has 3 aliphatic rings. The van der Waals surface area contributed by atoms with Crippen molar-refractivity contribution >= 4 is 18.3 Å². The van der Waals surface area contributed by atoms with E-state index in [1.54, 1.807) is 6.07 Å². The van der Waals surface area contributed by atoms with Gasteiger partial charge >= 0.3 is 0 Å². The fourth-order valence-corrected chi connectivity index (χ4v) is 3.94. The SMILES string of the molecule is Cl.O=C(N[C@H]1CN(C2CCOCC2)C[C@@H]1C1CC1)c1ccon1. The Kier molecular flexibility index (Phi) is 5.24. The lowest BCUT2D eigenvalue weighted by molar-refractivity contribution is 0.0404. The third-order valence-electron chi connectivity index (χ3n) is 5.32. The smallest absolute Gasteiger partial charge is 0.273 e. The van der Waals surface area contributed by atoms with Gasteiger partial charge in [0.05, 0.1) is 0 Å². The van der Waals surface area contributed by atoms with E-state index < -0.39 is 0 Å². The zero-order valence-corrected chi connectivity index (χ0v) is 14.0. The van der Waals surface area contributed by atoms with Crippen LogP contribution in [0.5, 0.6) is 0 Å². The van der Waals surface area contributed by atoms with Gasteiger partial charge in [0.2, 0.25) is 0 Å². The molecule has 7 heteroatoms. The summed E-state index contributed by atoms with van der Waals surface area (Å²) < 4.78 is 10.2. The van der Waals surface area contributed by atoms with E-state index in [0.29, 0.717) is 17.7 Å². The van der Waals surface area contributed by atoms with Crippen molar-refractivity contribution in [2.75, 3.05) is 26.3 Å². The minimum Gasteiger partial charge on any atom is -0.381 e. The summed E-state index contributed by atoms with van der Waals surface area (Å²) in [5.74, 6) is 1.25. The molecule has 1 aromatic heterocycles. The predicted molar refractivity (Wildman–Crippen MR) is 86.6 cm³/mol. The van der Waals surface area contributed by atoms with E-state index in [4.69, 9.17) is 9.26 Å². The number of hydrogen-bond acceptors (Lipinski definition) is 5. The van der Waals surface area contributed by atoms with Crippen LogP contribution >= 0.6 is 12.4 Å².